The van der Waals surface area contributed by atoms with Crippen LogP contribution in [0.25, 0.3) is 33.9 Å². The number of nitrogens with zero attached hydrogens (tertiary/aromatic N) is 2. The van der Waals surface area contributed by atoms with Gasteiger partial charge in [-0.25, -0.2) is 9.37 Å². The number of aromatic amines is 1. The number of pyridine rings is 1. The lowest BCUT2D eigenvalue weighted by Gasteiger charge is -2.03. The zero-order valence-corrected chi connectivity index (χ0v) is 14.6. The van der Waals surface area contributed by atoms with Crippen LogP contribution < -0.4 is 5.48 Å². The maximum Gasteiger partial charge on any atom is 0.138 e. The van der Waals surface area contributed by atoms with Crippen molar-refractivity contribution in [2.75, 3.05) is 12.6 Å². The van der Waals surface area contributed by atoms with Crippen LogP contribution in [0, 0.1) is 5.82 Å². The molecule has 0 fully saturated rings. The molecule has 27 heavy (non-hydrogen) atoms. The summed E-state index contributed by atoms with van der Waals surface area (Å²) in [5.41, 5.74) is 7.98. The van der Waals surface area contributed by atoms with E-state index in [1.807, 2.05) is 36.4 Å². The monoisotopic (exact) mass is 360 g/mol. The summed E-state index contributed by atoms with van der Waals surface area (Å²) >= 11 is 0. The summed E-state index contributed by atoms with van der Waals surface area (Å²) < 4.78 is 13.3. The fraction of sp³-hybridized carbons (Fsp3) is 0.0476. The van der Waals surface area contributed by atoms with Gasteiger partial charge in [0.1, 0.15) is 11.6 Å². The third-order valence-corrected chi connectivity index (χ3v) is 4.17. The minimum atomic E-state index is -0.277. The van der Waals surface area contributed by atoms with Gasteiger partial charge in [-0.1, -0.05) is 0 Å². The zero-order chi connectivity index (χ0) is 18.6. The van der Waals surface area contributed by atoms with Gasteiger partial charge >= 0.3 is 0 Å². The van der Waals surface area contributed by atoms with E-state index in [1.54, 1.807) is 31.6 Å². The maximum atomic E-state index is 13.3. The number of halogens is 1. The molecule has 0 saturated heterocycles. The molecule has 2 N–H and O–H groups in total. The van der Waals surface area contributed by atoms with Gasteiger partial charge in [0.05, 0.1) is 24.2 Å². The van der Waals surface area contributed by atoms with E-state index in [9.17, 15) is 4.39 Å². The summed E-state index contributed by atoms with van der Waals surface area (Å²) in [5, 5.41) is 0. The highest BCUT2D eigenvalue weighted by Gasteiger charge is 2.15. The summed E-state index contributed by atoms with van der Waals surface area (Å²) in [4.78, 5) is 17.2. The van der Waals surface area contributed by atoms with Gasteiger partial charge in [0.15, 0.2) is 0 Å². The van der Waals surface area contributed by atoms with Crippen molar-refractivity contribution in [2.24, 2.45) is 0 Å². The van der Waals surface area contributed by atoms with Crippen LogP contribution >= 0.6 is 0 Å². The first kappa shape index (κ1) is 16.9. The first-order valence-corrected chi connectivity index (χ1v) is 8.40. The van der Waals surface area contributed by atoms with Gasteiger partial charge in [0, 0.05) is 29.1 Å². The summed E-state index contributed by atoms with van der Waals surface area (Å²) in [6.07, 6.45) is 3.46. The predicted molar refractivity (Wildman–Crippen MR) is 103 cm³/mol. The standard InChI is InChI=1S/C21H17FN4O/c1-27-26-18-8-4-16(5-9-18)21-24-19(14-2-6-17(22)7-3-14)20(25-21)15-10-12-23-13-11-15/h2-13,26H,1H3,(H,24,25). The Hall–Kier alpha value is -3.51. The van der Waals surface area contributed by atoms with Gasteiger partial charge < -0.3 is 4.98 Å². The number of rotatable bonds is 5. The highest BCUT2D eigenvalue weighted by atomic mass is 19.1. The molecule has 0 aliphatic carbocycles. The van der Waals surface area contributed by atoms with Crippen LogP contribution in [0.4, 0.5) is 10.1 Å². The molecule has 0 spiro atoms. The molecule has 2 aromatic carbocycles. The summed E-state index contributed by atoms with van der Waals surface area (Å²) in [6.45, 7) is 0. The van der Waals surface area contributed by atoms with Gasteiger partial charge in [0.25, 0.3) is 0 Å². The quantitative estimate of drug-likeness (QED) is 0.496. The number of nitrogens with one attached hydrogen (secondary N) is 2. The van der Waals surface area contributed by atoms with E-state index in [4.69, 9.17) is 9.82 Å². The Labute approximate surface area is 155 Å². The fourth-order valence-electron chi connectivity index (χ4n) is 2.87. The van der Waals surface area contributed by atoms with Crippen molar-refractivity contribution in [1.82, 2.24) is 15.0 Å². The summed E-state index contributed by atoms with van der Waals surface area (Å²) in [5.74, 6) is 0.450. The smallest absolute Gasteiger partial charge is 0.138 e. The van der Waals surface area contributed by atoms with Crippen LogP contribution in [0.5, 0.6) is 0 Å². The van der Waals surface area contributed by atoms with Crippen LogP contribution in [-0.2, 0) is 4.84 Å². The van der Waals surface area contributed by atoms with Gasteiger partial charge in [-0.3, -0.25) is 15.3 Å². The number of benzene rings is 2. The number of hydrogen-bond acceptors (Lipinski definition) is 4. The van der Waals surface area contributed by atoms with E-state index < -0.39 is 0 Å². The molecule has 0 aliphatic heterocycles. The predicted octanol–water partition coefficient (Wildman–Crippen LogP) is 4.92. The van der Waals surface area contributed by atoms with E-state index in [0.29, 0.717) is 0 Å². The average Bonchev–Trinajstić information content (AvgIpc) is 3.15. The van der Waals surface area contributed by atoms with Crippen molar-refractivity contribution < 1.29 is 9.23 Å². The molecule has 0 aliphatic rings. The van der Waals surface area contributed by atoms with Crippen molar-refractivity contribution in [3.8, 4) is 33.9 Å². The largest absolute Gasteiger partial charge is 0.337 e. The van der Waals surface area contributed by atoms with Gasteiger partial charge in [-0.05, 0) is 60.7 Å². The molecule has 6 heteroatoms. The van der Waals surface area contributed by atoms with Crippen LogP contribution in [0.1, 0.15) is 0 Å². The van der Waals surface area contributed by atoms with Crippen molar-refractivity contribution in [2.45, 2.75) is 0 Å². The number of H-pyrrole nitrogens is 1. The van der Waals surface area contributed by atoms with Crippen molar-refractivity contribution in [3.05, 3.63) is 78.9 Å². The van der Waals surface area contributed by atoms with Crippen molar-refractivity contribution in [3.63, 3.8) is 0 Å². The maximum absolute atomic E-state index is 13.3. The molecule has 4 rings (SSSR count). The second kappa shape index (κ2) is 7.39. The summed E-state index contributed by atoms with van der Waals surface area (Å²) in [7, 11) is 1.57. The van der Waals surface area contributed by atoms with Crippen molar-refractivity contribution in [1.29, 1.82) is 0 Å². The Morgan fingerprint density at radius 2 is 1.52 bits per heavy atom. The third kappa shape index (κ3) is 3.56. The Balaban J connectivity index is 1.81. The number of hydrogen-bond donors (Lipinski definition) is 2. The van der Waals surface area contributed by atoms with E-state index >= 15 is 0 Å². The van der Waals surface area contributed by atoms with Gasteiger partial charge in [-0.15, -0.1) is 0 Å². The Kier molecular flexibility index (Phi) is 4.63. The van der Waals surface area contributed by atoms with Gasteiger partial charge in [0.2, 0.25) is 0 Å². The minimum Gasteiger partial charge on any atom is -0.337 e. The van der Waals surface area contributed by atoms with E-state index in [-0.39, 0.29) is 5.82 Å². The molecule has 5 nitrogen and oxygen atoms in total. The average molecular weight is 360 g/mol. The lowest BCUT2D eigenvalue weighted by Crippen LogP contribution is -1.94. The summed E-state index contributed by atoms with van der Waals surface area (Å²) in [6, 6.07) is 17.9. The van der Waals surface area contributed by atoms with Crippen LogP contribution in [0.3, 0.4) is 0 Å². The minimum absolute atomic E-state index is 0.277. The Morgan fingerprint density at radius 3 is 2.19 bits per heavy atom. The first-order valence-electron chi connectivity index (χ1n) is 8.40. The van der Waals surface area contributed by atoms with Crippen LogP contribution in [0.15, 0.2) is 73.1 Å². The molecule has 0 unspecified atom stereocenters. The Morgan fingerprint density at radius 1 is 0.852 bits per heavy atom. The second-order valence-electron chi connectivity index (χ2n) is 5.94. The zero-order valence-electron chi connectivity index (χ0n) is 14.6. The molecular weight excluding hydrogens is 343 g/mol. The number of imidazole rings is 1. The van der Waals surface area contributed by atoms with E-state index in [0.717, 1.165) is 39.6 Å². The topological polar surface area (TPSA) is 62.8 Å². The third-order valence-electron chi connectivity index (χ3n) is 4.17. The van der Waals surface area contributed by atoms with Crippen LogP contribution in [0.2, 0.25) is 0 Å². The Bertz CT molecular complexity index is 1030. The van der Waals surface area contributed by atoms with Crippen molar-refractivity contribution >= 4 is 5.69 Å². The highest BCUT2D eigenvalue weighted by Crippen LogP contribution is 2.33. The normalized spacial score (nSPS) is 10.7. The van der Waals surface area contributed by atoms with Gasteiger partial charge in [-0.2, -0.15) is 0 Å². The molecule has 0 amide bonds. The molecule has 0 atom stereocenters. The SMILES string of the molecule is CONc1ccc(-c2nc(-c3ccc(F)cc3)c(-c3ccncc3)[nH]2)cc1. The van der Waals surface area contributed by atoms with E-state index in [2.05, 4.69) is 15.4 Å². The molecule has 0 saturated carbocycles. The lowest BCUT2D eigenvalue weighted by atomic mass is 10.1. The highest BCUT2D eigenvalue weighted by molar-refractivity contribution is 5.81. The second-order valence-corrected chi connectivity index (χ2v) is 5.94. The lowest BCUT2D eigenvalue weighted by molar-refractivity contribution is 0.271. The molecule has 2 heterocycles. The molecule has 0 bridgehead atoms. The molecule has 134 valence electrons. The first-order chi connectivity index (χ1) is 13.2. The molecular formula is C21H17FN4O. The number of aromatic nitrogens is 3. The molecule has 4 aromatic rings. The number of anilines is 1. The molecule has 2 aromatic heterocycles. The van der Waals surface area contributed by atoms with Crippen LogP contribution in [-0.4, -0.2) is 22.1 Å². The fourth-order valence-corrected chi connectivity index (χ4v) is 2.87. The van der Waals surface area contributed by atoms with E-state index in [1.165, 1.54) is 12.1 Å². The molecule has 0 radical (unpaired) electrons.